The van der Waals surface area contributed by atoms with Gasteiger partial charge in [-0.1, -0.05) is 188 Å². The molecule has 2 heterocycles. The fourth-order valence-electron chi connectivity index (χ4n) is 8.79. The molecule has 0 aromatic heterocycles. The Morgan fingerprint density at radius 1 is 0.442 bits per heavy atom. The molecule has 2 rings (SSSR count). The first kappa shape index (κ1) is 70.0. The largest absolute Gasteiger partial charge is 0.457 e. The van der Waals surface area contributed by atoms with Crippen LogP contribution in [-0.2, 0) is 33.2 Å². The van der Waals surface area contributed by atoms with Crippen molar-refractivity contribution in [2.75, 3.05) is 33.0 Å². The Labute approximate surface area is 464 Å². The molecule has 0 radical (unpaired) electrons. The second kappa shape index (κ2) is 48.8. The van der Waals surface area contributed by atoms with Gasteiger partial charge in [0, 0.05) is 13.0 Å². The maximum absolute atomic E-state index is 13.1. The van der Waals surface area contributed by atoms with Crippen LogP contribution >= 0.6 is 0 Å². The van der Waals surface area contributed by atoms with Crippen LogP contribution in [0.15, 0.2) is 97.2 Å². The summed E-state index contributed by atoms with van der Waals surface area (Å²) in [7, 11) is 0. The molecule has 0 saturated carbocycles. The Morgan fingerprint density at radius 3 is 1.34 bits per heavy atom. The standard InChI is InChI=1S/C63H106O14/c1-3-5-7-9-11-13-15-17-19-21-23-24-25-26-27-29-31-33-35-37-39-41-43-45-47-72-49-52(75-55(65)46-44-42-40-38-36-34-32-30-28-22-20-18-16-14-12-10-8-6-4-2)50-73-62-61(71)59(69)57(67)54(77-62)51-74-63-60(70)58(68)56(66)53(48-64)76-63/h5,7,11,13,17-20,23-24,26-27,31,33,37,39,52-54,56-64,66-71H,3-4,6,8-10,12,14-16,21-22,25,28-30,32,34-36,38,40-51H2,1-2H3/b7-5-,13-11-,19-17-,20-18-,24-23-,27-26-,33-31-,39-37-. The number of hydrogen-bond acceptors (Lipinski definition) is 14. The SMILES string of the molecule is CC/C=C\C/C=C\C/C=C\C/C=C\C/C=C\C/C=C\C/C=C\CCCCOCC(COC1OC(COC2OC(CO)C(O)C(O)C2O)C(O)C(O)C1O)OC(=O)CCCCCCCCCCC/C=C\CCCCCCCC. The molecular weight excluding hydrogens is 981 g/mol. The van der Waals surface area contributed by atoms with E-state index in [9.17, 15) is 40.5 Å². The Morgan fingerprint density at radius 2 is 0.844 bits per heavy atom. The molecule has 0 bridgehead atoms. The van der Waals surface area contributed by atoms with Crippen molar-refractivity contribution in [3.05, 3.63) is 97.2 Å². The minimum Gasteiger partial charge on any atom is -0.457 e. The molecule has 7 N–H and O–H groups in total. The molecule has 0 aliphatic carbocycles. The molecule has 442 valence electrons. The number of esters is 1. The van der Waals surface area contributed by atoms with Gasteiger partial charge < -0.3 is 64.2 Å². The third-order valence-corrected chi connectivity index (χ3v) is 13.6. The quantitative estimate of drug-likeness (QED) is 0.0172. The number of rotatable bonds is 47. The highest BCUT2D eigenvalue weighted by atomic mass is 16.7. The van der Waals surface area contributed by atoms with Crippen molar-refractivity contribution < 1.29 is 69.0 Å². The van der Waals surface area contributed by atoms with Crippen LogP contribution in [0.4, 0.5) is 0 Å². The van der Waals surface area contributed by atoms with E-state index in [1.807, 2.05) is 0 Å². The summed E-state index contributed by atoms with van der Waals surface area (Å²) in [4.78, 5) is 13.1. The second-order valence-corrected chi connectivity index (χ2v) is 20.4. The molecule has 14 heteroatoms. The molecule has 2 aliphatic heterocycles. The highest BCUT2D eigenvalue weighted by molar-refractivity contribution is 5.69. The maximum Gasteiger partial charge on any atom is 0.306 e. The van der Waals surface area contributed by atoms with Gasteiger partial charge in [-0.15, -0.1) is 0 Å². The van der Waals surface area contributed by atoms with Gasteiger partial charge in [0.2, 0.25) is 0 Å². The lowest BCUT2D eigenvalue weighted by molar-refractivity contribution is -0.332. The average molecular weight is 1090 g/mol. The van der Waals surface area contributed by atoms with Gasteiger partial charge in [0.1, 0.15) is 54.9 Å². The number of ether oxygens (including phenoxy) is 6. The zero-order chi connectivity index (χ0) is 55.8. The molecule has 0 spiro atoms. The molecule has 14 nitrogen and oxygen atoms in total. The lowest BCUT2D eigenvalue weighted by atomic mass is 9.98. The van der Waals surface area contributed by atoms with Gasteiger partial charge in [0.25, 0.3) is 0 Å². The number of unbranched alkanes of at least 4 members (excludes halogenated alkanes) is 17. The van der Waals surface area contributed by atoms with E-state index in [4.69, 9.17) is 28.4 Å². The van der Waals surface area contributed by atoms with Crippen molar-refractivity contribution in [2.24, 2.45) is 0 Å². The third-order valence-electron chi connectivity index (χ3n) is 13.6. The molecule has 11 unspecified atom stereocenters. The summed E-state index contributed by atoms with van der Waals surface area (Å²) in [5.41, 5.74) is 0. The highest BCUT2D eigenvalue weighted by Gasteiger charge is 2.47. The number of aliphatic hydroxyl groups is 7. The van der Waals surface area contributed by atoms with Crippen molar-refractivity contribution in [3.8, 4) is 0 Å². The zero-order valence-electron chi connectivity index (χ0n) is 47.4. The first-order valence-corrected chi connectivity index (χ1v) is 29.8. The molecule has 11 atom stereocenters. The van der Waals surface area contributed by atoms with Crippen LogP contribution in [0.1, 0.15) is 194 Å². The monoisotopic (exact) mass is 1090 g/mol. The van der Waals surface area contributed by atoms with Gasteiger partial charge in [-0.3, -0.25) is 4.79 Å². The van der Waals surface area contributed by atoms with E-state index in [1.54, 1.807) is 0 Å². The fourth-order valence-corrected chi connectivity index (χ4v) is 8.79. The second-order valence-electron chi connectivity index (χ2n) is 20.4. The smallest absolute Gasteiger partial charge is 0.306 e. The van der Waals surface area contributed by atoms with E-state index in [1.165, 1.54) is 83.5 Å². The predicted octanol–water partition coefficient (Wildman–Crippen LogP) is 11.0. The molecule has 2 aliphatic rings. The summed E-state index contributed by atoms with van der Waals surface area (Å²) in [5, 5.41) is 72.4. The molecule has 0 aromatic carbocycles. The average Bonchev–Trinajstić information content (AvgIpc) is 3.43. The van der Waals surface area contributed by atoms with Crippen molar-refractivity contribution in [1.82, 2.24) is 0 Å². The lowest BCUT2D eigenvalue weighted by Gasteiger charge is -2.42. The van der Waals surface area contributed by atoms with Crippen molar-refractivity contribution in [2.45, 2.75) is 261 Å². The van der Waals surface area contributed by atoms with Crippen LogP contribution in [-0.4, -0.2) is 142 Å². The van der Waals surface area contributed by atoms with E-state index in [0.717, 1.165) is 83.5 Å². The minimum absolute atomic E-state index is 0.0252. The van der Waals surface area contributed by atoms with Crippen LogP contribution in [0.3, 0.4) is 0 Å². The molecule has 2 saturated heterocycles. The van der Waals surface area contributed by atoms with Crippen molar-refractivity contribution >= 4 is 5.97 Å². The van der Waals surface area contributed by atoms with Gasteiger partial charge >= 0.3 is 5.97 Å². The van der Waals surface area contributed by atoms with Crippen LogP contribution < -0.4 is 0 Å². The number of carbonyl (C=O) groups excluding carboxylic acids is 1. The molecule has 2 fully saturated rings. The number of allylic oxidation sites excluding steroid dienone is 16. The lowest BCUT2D eigenvalue weighted by Crippen LogP contribution is -2.61. The zero-order valence-corrected chi connectivity index (χ0v) is 47.4. The van der Waals surface area contributed by atoms with E-state index < -0.39 is 86.7 Å². The summed E-state index contributed by atoms with van der Waals surface area (Å²) in [6.07, 6.45) is 49.0. The van der Waals surface area contributed by atoms with Gasteiger partial charge in [0.15, 0.2) is 12.6 Å². The van der Waals surface area contributed by atoms with Gasteiger partial charge in [-0.05, 0) is 96.3 Å². The van der Waals surface area contributed by atoms with Crippen LogP contribution in [0.2, 0.25) is 0 Å². The Kier molecular flexibility index (Phi) is 44.4. The topological polar surface area (TPSA) is 214 Å². The molecule has 0 amide bonds. The fraction of sp³-hybridized carbons (Fsp3) is 0.730. The molecule has 77 heavy (non-hydrogen) atoms. The first-order chi connectivity index (χ1) is 37.6. The van der Waals surface area contributed by atoms with Crippen LogP contribution in [0.25, 0.3) is 0 Å². The van der Waals surface area contributed by atoms with E-state index >= 15 is 0 Å². The van der Waals surface area contributed by atoms with Crippen LogP contribution in [0.5, 0.6) is 0 Å². The highest BCUT2D eigenvalue weighted by Crippen LogP contribution is 2.26. The van der Waals surface area contributed by atoms with Crippen LogP contribution in [0, 0.1) is 0 Å². The molecule has 0 aromatic rings. The number of carbonyl (C=O) groups is 1. The summed E-state index contributed by atoms with van der Waals surface area (Å²) in [5.74, 6) is -0.397. The number of aliphatic hydroxyl groups excluding tert-OH is 7. The minimum atomic E-state index is -1.72. The predicted molar refractivity (Wildman–Crippen MR) is 307 cm³/mol. The number of hydrogen-bond donors (Lipinski definition) is 7. The summed E-state index contributed by atoms with van der Waals surface area (Å²) in [6, 6.07) is 0. The normalized spacial score (nSPS) is 25.0. The summed E-state index contributed by atoms with van der Waals surface area (Å²) >= 11 is 0. The van der Waals surface area contributed by atoms with Crippen molar-refractivity contribution in [1.29, 1.82) is 0 Å². The maximum atomic E-state index is 13.1. The Balaban J connectivity index is 1.74. The van der Waals surface area contributed by atoms with Gasteiger partial charge in [-0.2, -0.15) is 0 Å². The summed E-state index contributed by atoms with van der Waals surface area (Å²) < 4.78 is 34.3. The van der Waals surface area contributed by atoms with Crippen molar-refractivity contribution in [3.63, 3.8) is 0 Å². The first-order valence-electron chi connectivity index (χ1n) is 29.8. The van der Waals surface area contributed by atoms with E-state index in [0.29, 0.717) is 13.0 Å². The van der Waals surface area contributed by atoms with E-state index in [2.05, 4.69) is 111 Å². The van der Waals surface area contributed by atoms with Gasteiger partial charge in [0.05, 0.1) is 26.4 Å². The Hall–Kier alpha value is -3.09. The summed E-state index contributed by atoms with van der Waals surface area (Å²) in [6.45, 7) is 3.45. The molecular formula is C63H106O14. The van der Waals surface area contributed by atoms with E-state index in [-0.39, 0.29) is 19.6 Å². The Bertz CT molecular complexity index is 1640. The van der Waals surface area contributed by atoms with Gasteiger partial charge in [-0.25, -0.2) is 0 Å². The third kappa shape index (κ3) is 35.3.